The van der Waals surface area contributed by atoms with Gasteiger partial charge in [-0.25, -0.2) is 22.0 Å². The lowest BCUT2D eigenvalue weighted by molar-refractivity contribution is 0.384. The molecule has 0 aromatic heterocycles. The van der Waals surface area contributed by atoms with Gasteiger partial charge in [-0.15, -0.1) is 0 Å². The van der Waals surface area contributed by atoms with Gasteiger partial charge in [0.25, 0.3) is 0 Å². The first-order chi connectivity index (χ1) is 13.8. The molecule has 0 saturated heterocycles. The second kappa shape index (κ2) is 7.17. The summed E-state index contributed by atoms with van der Waals surface area (Å²) in [5, 5.41) is 0. The predicted molar refractivity (Wildman–Crippen MR) is 101 cm³/mol. The van der Waals surface area contributed by atoms with Gasteiger partial charge in [0.15, 0.2) is 23.2 Å². The minimum Gasteiger partial charge on any atom is -0.494 e. The Morgan fingerprint density at radius 3 is 2.24 bits per heavy atom. The molecule has 0 bridgehead atoms. The Morgan fingerprint density at radius 2 is 1.59 bits per heavy atom. The lowest BCUT2D eigenvalue weighted by Gasteiger charge is -2.23. The molecule has 0 N–H and O–H groups in total. The van der Waals surface area contributed by atoms with Crippen LogP contribution in [-0.2, 0) is 6.42 Å². The number of ether oxygens (including phenoxy) is 1. The highest BCUT2D eigenvalue weighted by Crippen LogP contribution is 2.51. The van der Waals surface area contributed by atoms with E-state index >= 15 is 4.39 Å². The van der Waals surface area contributed by atoms with E-state index in [1.54, 1.807) is 19.1 Å². The molecule has 2 aliphatic rings. The number of halogens is 5. The molecule has 2 aliphatic carbocycles. The Bertz CT molecular complexity index is 1090. The minimum absolute atomic E-state index is 0.0307. The van der Waals surface area contributed by atoms with Crippen molar-refractivity contribution >= 4 is 11.7 Å². The molecular weight excluding hydrogens is 387 g/mol. The smallest absolute Gasteiger partial charge is 0.175 e. The fourth-order valence-electron chi connectivity index (χ4n) is 3.94. The zero-order valence-corrected chi connectivity index (χ0v) is 15.8. The van der Waals surface area contributed by atoms with Gasteiger partial charge in [-0.1, -0.05) is 35.9 Å². The van der Waals surface area contributed by atoms with Crippen LogP contribution in [0.5, 0.6) is 5.75 Å². The average Bonchev–Trinajstić information content (AvgIpc) is 3.04. The maximum atomic E-state index is 15.0. The summed E-state index contributed by atoms with van der Waals surface area (Å²) in [7, 11) is 1.24. The Hall–Kier alpha value is -2.89. The van der Waals surface area contributed by atoms with Gasteiger partial charge in [-0.3, -0.25) is 0 Å². The largest absolute Gasteiger partial charge is 0.494 e. The number of fused-ring (bicyclic) bond motifs is 2. The Morgan fingerprint density at radius 1 is 0.897 bits per heavy atom. The van der Waals surface area contributed by atoms with Crippen LogP contribution in [0.1, 0.15) is 28.7 Å². The normalized spacial score (nSPS) is 19.2. The average molecular weight is 404 g/mol. The molecule has 0 saturated carbocycles. The first-order valence-corrected chi connectivity index (χ1v) is 9.10. The molecule has 150 valence electrons. The van der Waals surface area contributed by atoms with E-state index in [1.807, 2.05) is 0 Å². The molecule has 2 aromatic rings. The quantitative estimate of drug-likeness (QED) is 0.504. The summed E-state index contributed by atoms with van der Waals surface area (Å²) in [5.74, 6) is -6.65. The maximum Gasteiger partial charge on any atom is 0.175 e. The van der Waals surface area contributed by atoms with Crippen molar-refractivity contribution in [3.63, 3.8) is 0 Å². The van der Waals surface area contributed by atoms with Crippen molar-refractivity contribution in [1.29, 1.82) is 0 Å². The van der Waals surface area contributed by atoms with Crippen LogP contribution in [-0.4, -0.2) is 7.11 Å². The molecular formula is C23H17F5O. The van der Waals surface area contributed by atoms with Crippen molar-refractivity contribution in [2.75, 3.05) is 7.11 Å². The number of benzene rings is 2. The lowest BCUT2D eigenvalue weighted by atomic mass is 9.83. The predicted octanol–water partition coefficient (Wildman–Crippen LogP) is 6.93. The summed E-state index contributed by atoms with van der Waals surface area (Å²) in [5.41, 5.74) is -0.147. The molecule has 0 fully saturated rings. The summed E-state index contributed by atoms with van der Waals surface area (Å²) in [4.78, 5) is 0. The third-order valence-corrected chi connectivity index (χ3v) is 5.46. The van der Waals surface area contributed by atoms with Crippen LogP contribution in [0.4, 0.5) is 22.0 Å². The zero-order chi connectivity index (χ0) is 20.9. The van der Waals surface area contributed by atoms with E-state index in [1.165, 1.54) is 31.4 Å². The first kappa shape index (κ1) is 19.4. The number of methoxy groups -OCH3 is 1. The van der Waals surface area contributed by atoms with Crippen LogP contribution < -0.4 is 4.74 Å². The molecule has 0 aliphatic heterocycles. The van der Waals surface area contributed by atoms with Gasteiger partial charge in [0.1, 0.15) is 11.7 Å². The van der Waals surface area contributed by atoms with Crippen LogP contribution in [0.3, 0.4) is 0 Å². The van der Waals surface area contributed by atoms with E-state index in [4.69, 9.17) is 4.74 Å². The van der Waals surface area contributed by atoms with Crippen LogP contribution in [0.2, 0.25) is 0 Å². The van der Waals surface area contributed by atoms with Crippen molar-refractivity contribution in [2.45, 2.75) is 19.8 Å². The third kappa shape index (κ3) is 3.07. The summed E-state index contributed by atoms with van der Waals surface area (Å²) < 4.78 is 78.8. The van der Waals surface area contributed by atoms with E-state index in [0.717, 1.165) is 5.56 Å². The van der Waals surface area contributed by atoms with Gasteiger partial charge < -0.3 is 4.74 Å². The fraction of sp³-hybridized carbons (Fsp3) is 0.217. The highest BCUT2D eigenvalue weighted by Gasteiger charge is 2.40. The Balaban J connectivity index is 1.82. The molecule has 0 spiro atoms. The van der Waals surface area contributed by atoms with Crippen LogP contribution in [0.15, 0.2) is 59.2 Å². The van der Waals surface area contributed by atoms with E-state index in [2.05, 4.69) is 0 Å². The highest BCUT2D eigenvalue weighted by atomic mass is 19.2. The second-order valence-corrected chi connectivity index (χ2v) is 7.24. The maximum absolute atomic E-state index is 15.0. The number of hydrogen-bond donors (Lipinski definition) is 0. The topological polar surface area (TPSA) is 9.23 Å². The van der Waals surface area contributed by atoms with Crippen LogP contribution in [0, 0.1) is 18.7 Å². The van der Waals surface area contributed by atoms with Gasteiger partial charge in [0.2, 0.25) is 0 Å². The van der Waals surface area contributed by atoms with Crippen LogP contribution in [0.25, 0.3) is 11.7 Å². The number of rotatable bonds is 3. The molecule has 0 heterocycles. The highest BCUT2D eigenvalue weighted by molar-refractivity contribution is 5.76. The molecule has 0 radical (unpaired) electrons. The summed E-state index contributed by atoms with van der Waals surface area (Å²) >= 11 is 0. The molecule has 2 aromatic carbocycles. The van der Waals surface area contributed by atoms with E-state index in [-0.39, 0.29) is 29.7 Å². The number of hydrogen-bond acceptors (Lipinski definition) is 1. The number of aryl methyl sites for hydroxylation is 1. The summed E-state index contributed by atoms with van der Waals surface area (Å²) in [6.07, 6.45) is -0.0812. The fourth-order valence-corrected chi connectivity index (χ4v) is 3.94. The van der Waals surface area contributed by atoms with Crippen molar-refractivity contribution < 1.29 is 26.7 Å². The second-order valence-electron chi connectivity index (χ2n) is 7.24. The van der Waals surface area contributed by atoms with Gasteiger partial charge in [0, 0.05) is 16.7 Å². The third-order valence-electron chi connectivity index (χ3n) is 5.46. The van der Waals surface area contributed by atoms with Crippen molar-refractivity contribution in [3.8, 4) is 5.75 Å². The van der Waals surface area contributed by atoms with Crippen molar-refractivity contribution in [2.24, 2.45) is 5.92 Å². The number of allylic oxidation sites excluding steroid dienone is 4. The van der Waals surface area contributed by atoms with Gasteiger partial charge in [-0.2, -0.15) is 0 Å². The van der Waals surface area contributed by atoms with E-state index in [9.17, 15) is 17.6 Å². The molecule has 29 heavy (non-hydrogen) atoms. The molecule has 1 nitrogen and oxygen atoms in total. The SMILES string of the molecule is COc1ccc2c(c1F)C(F)=C1C(F)=C(/C(F)=C(\F)c3ccc(C)cc3)CC1C2. The first-order valence-electron chi connectivity index (χ1n) is 9.10. The molecule has 4 rings (SSSR count). The monoisotopic (exact) mass is 404 g/mol. The van der Waals surface area contributed by atoms with Crippen molar-refractivity contribution in [1.82, 2.24) is 0 Å². The Labute approximate surface area is 164 Å². The molecule has 0 amide bonds. The van der Waals surface area contributed by atoms with E-state index < -0.39 is 46.2 Å². The summed E-state index contributed by atoms with van der Waals surface area (Å²) in [6.45, 7) is 1.80. The van der Waals surface area contributed by atoms with Gasteiger partial charge in [-0.05, 0) is 37.3 Å². The van der Waals surface area contributed by atoms with E-state index in [0.29, 0.717) is 5.56 Å². The summed E-state index contributed by atoms with van der Waals surface area (Å²) in [6, 6.07) is 8.86. The lowest BCUT2D eigenvalue weighted by Crippen LogP contribution is -2.14. The van der Waals surface area contributed by atoms with Gasteiger partial charge in [0.05, 0.1) is 12.7 Å². The molecule has 1 unspecified atom stereocenters. The molecule has 1 atom stereocenters. The van der Waals surface area contributed by atoms with Crippen LogP contribution >= 0.6 is 0 Å². The van der Waals surface area contributed by atoms with Crippen molar-refractivity contribution in [3.05, 3.63) is 87.3 Å². The standard InChI is InChI=1S/C23H17F5O/c1-11-3-5-12(6-4-11)19(24)21(26)15-10-14-9-13-7-8-16(29-2)22(27)17(13)23(28)18(14)20(15)25/h3-8,14H,9-10H2,1-2H3/b21-19+. The molecule has 6 heteroatoms. The minimum atomic E-state index is -1.36. The zero-order valence-electron chi connectivity index (χ0n) is 15.8. The Kier molecular flexibility index (Phi) is 4.81. The van der Waals surface area contributed by atoms with Gasteiger partial charge >= 0.3 is 0 Å².